The molecule has 0 saturated heterocycles. The molecule has 1 fully saturated rings. The van der Waals surface area contributed by atoms with Gasteiger partial charge in [0, 0.05) is 42.8 Å². The van der Waals surface area contributed by atoms with E-state index < -0.39 is 0 Å². The Bertz CT molecular complexity index is 1400. The fraction of sp³-hybridized carbons (Fsp3) is 0.414. The SMILES string of the molecule is CCn1ncc(CN(C)C(=O)c2nc(-c3ccc(NC4CCCCC4)cn3)nc3ccc(C)cc23)c1C. The highest BCUT2D eigenvalue weighted by Crippen LogP contribution is 2.25. The van der Waals surface area contributed by atoms with Crippen LogP contribution in [-0.4, -0.2) is 48.6 Å². The molecule has 0 spiro atoms. The van der Waals surface area contributed by atoms with Crippen molar-refractivity contribution in [3.05, 3.63) is 65.2 Å². The molecule has 0 bridgehead atoms. The molecule has 192 valence electrons. The number of aromatic nitrogens is 5. The first-order valence-corrected chi connectivity index (χ1v) is 13.2. The molecule has 1 saturated carbocycles. The summed E-state index contributed by atoms with van der Waals surface area (Å²) in [6.45, 7) is 7.35. The highest BCUT2D eigenvalue weighted by molar-refractivity contribution is 6.04. The minimum atomic E-state index is -0.154. The maximum Gasteiger partial charge on any atom is 0.273 e. The van der Waals surface area contributed by atoms with Crippen LogP contribution in [0.2, 0.25) is 0 Å². The van der Waals surface area contributed by atoms with Gasteiger partial charge in [0.1, 0.15) is 11.4 Å². The molecule has 0 unspecified atom stereocenters. The number of aryl methyl sites for hydroxylation is 2. The predicted molar refractivity (Wildman–Crippen MR) is 146 cm³/mol. The number of carbonyl (C=O) groups is 1. The molecule has 1 amide bonds. The molecule has 1 aliphatic rings. The summed E-state index contributed by atoms with van der Waals surface area (Å²) in [4.78, 5) is 29.6. The number of nitrogens with zero attached hydrogens (tertiary/aromatic N) is 6. The third-order valence-electron chi connectivity index (χ3n) is 7.28. The van der Waals surface area contributed by atoms with Gasteiger partial charge in [-0.1, -0.05) is 30.9 Å². The van der Waals surface area contributed by atoms with Crippen LogP contribution in [0.1, 0.15) is 66.3 Å². The lowest BCUT2D eigenvalue weighted by atomic mass is 9.95. The summed E-state index contributed by atoms with van der Waals surface area (Å²) in [5.41, 5.74) is 5.91. The van der Waals surface area contributed by atoms with E-state index in [-0.39, 0.29) is 5.91 Å². The van der Waals surface area contributed by atoms with Gasteiger partial charge in [-0.25, -0.2) is 9.97 Å². The van der Waals surface area contributed by atoms with Crippen LogP contribution in [0.25, 0.3) is 22.4 Å². The maximum absolute atomic E-state index is 13.7. The molecule has 4 aromatic rings. The van der Waals surface area contributed by atoms with Crippen molar-refractivity contribution in [1.29, 1.82) is 0 Å². The summed E-state index contributed by atoms with van der Waals surface area (Å²) in [6, 6.07) is 10.4. The van der Waals surface area contributed by atoms with E-state index in [1.165, 1.54) is 32.1 Å². The average Bonchev–Trinajstić information content (AvgIpc) is 3.27. The number of benzene rings is 1. The van der Waals surface area contributed by atoms with Crippen LogP contribution in [-0.2, 0) is 13.1 Å². The van der Waals surface area contributed by atoms with Crippen molar-refractivity contribution in [3.63, 3.8) is 0 Å². The number of rotatable bonds is 7. The van der Waals surface area contributed by atoms with E-state index in [2.05, 4.69) is 22.3 Å². The van der Waals surface area contributed by atoms with Gasteiger partial charge in [0.2, 0.25) is 0 Å². The van der Waals surface area contributed by atoms with Gasteiger partial charge in [-0.15, -0.1) is 0 Å². The molecule has 3 heterocycles. The van der Waals surface area contributed by atoms with Crippen molar-refractivity contribution in [1.82, 2.24) is 29.6 Å². The number of hydrogen-bond donors (Lipinski definition) is 1. The number of anilines is 1. The molecular weight excluding hydrogens is 462 g/mol. The number of nitrogens with one attached hydrogen (secondary N) is 1. The number of fused-ring (bicyclic) bond motifs is 1. The van der Waals surface area contributed by atoms with Gasteiger partial charge in [-0.3, -0.25) is 14.5 Å². The van der Waals surface area contributed by atoms with Gasteiger partial charge in [0.05, 0.1) is 23.6 Å². The number of amides is 1. The third-order valence-corrected chi connectivity index (χ3v) is 7.28. The lowest BCUT2D eigenvalue weighted by Crippen LogP contribution is -2.28. The van der Waals surface area contributed by atoms with Crippen molar-refractivity contribution >= 4 is 22.5 Å². The second-order valence-corrected chi connectivity index (χ2v) is 10.1. The summed E-state index contributed by atoms with van der Waals surface area (Å²) >= 11 is 0. The Morgan fingerprint density at radius 1 is 1.08 bits per heavy atom. The normalized spacial score (nSPS) is 14.2. The number of hydrogen-bond acceptors (Lipinski definition) is 6. The number of carbonyl (C=O) groups excluding carboxylic acids is 1. The molecule has 37 heavy (non-hydrogen) atoms. The van der Waals surface area contributed by atoms with E-state index >= 15 is 0 Å². The largest absolute Gasteiger partial charge is 0.381 e. The highest BCUT2D eigenvalue weighted by atomic mass is 16.2. The fourth-order valence-electron chi connectivity index (χ4n) is 5.08. The molecule has 1 aliphatic carbocycles. The zero-order valence-electron chi connectivity index (χ0n) is 22.2. The second-order valence-electron chi connectivity index (χ2n) is 10.1. The summed E-state index contributed by atoms with van der Waals surface area (Å²) in [5.74, 6) is 0.297. The standard InChI is InChI=1S/C29H35N7O/c1-5-36-20(3)21(16-31-36)18-35(4)29(37)27-24-15-19(2)11-13-25(24)33-28(34-27)26-14-12-23(17-30-26)32-22-9-7-6-8-10-22/h11-17,22,32H,5-10,18H2,1-4H3. The minimum absolute atomic E-state index is 0.154. The Morgan fingerprint density at radius 3 is 2.59 bits per heavy atom. The van der Waals surface area contributed by atoms with Gasteiger partial charge in [-0.05, 0) is 57.9 Å². The van der Waals surface area contributed by atoms with Gasteiger partial charge in [0.15, 0.2) is 5.82 Å². The topological polar surface area (TPSA) is 88.8 Å². The molecular formula is C29H35N7O. The van der Waals surface area contributed by atoms with Crippen LogP contribution >= 0.6 is 0 Å². The summed E-state index contributed by atoms with van der Waals surface area (Å²) < 4.78 is 1.94. The van der Waals surface area contributed by atoms with Gasteiger partial charge in [-0.2, -0.15) is 5.10 Å². The van der Waals surface area contributed by atoms with Crippen molar-refractivity contribution in [3.8, 4) is 11.5 Å². The third kappa shape index (κ3) is 5.33. The van der Waals surface area contributed by atoms with Crippen LogP contribution in [0, 0.1) is 13.8 Å². The van der Waals surface area contributed by atoms with E-state index in [9.17, 15) is 4.79 Å². The Morgan fingerprint density at radius 2 is 1.89 bits per heavy atom. The molecule has 3 aromatic heterocycles. The lowest BCUT2D eigenvalue weighted by molar-refractivity contribution is 0.0781. The molecule has 8 nitrogen and oxygen atoms in total. The van der Waals surface area contributed by atoms with E-state index in [1.54, 1.807) is 11.9 Å². The fourth-order valence-corrected chi connectivity index (χ4v) is 5.08. The Hall–Kier alpha value is -3.81. The van der Waals surface area contributed by atoms with E-state index in [0.29, 0.717) is 29.8 Å². The van der Waals surface area contributed by atoms with Crippen LogP contribution < -0.4 is 5.32 Å². The van der Waals surface area contributed by atoms with Crippen LogP contribution in [0.3, 0.4) is 0 Å². The van der Waals surface area contributed by atoms with E-state index in [0.717, 1.165) is 40.0 Å². The molecule has 0 aliphatic heterocycles. The van der Waals surface area contributed by atoms with Crippen molar-refractivity contribution < 1.29 is 4.79 Å². The van der Waals surface area contributed by atoms with Crippen molar-refractivity contribution in [2.45, 2.75) is 72.0 Å². The second kappa shape index (κ2) is 10.7. The minimum Gasteiger partial charge on any atom is -0.381 e. The predicted octanol–water partition coefficient (Wildman–Crippen LogP) is 5.54. The van der Waals surface area contributed by atoms with Crippen LogP contribution in [0.4, 0.5) is 5.69 Å². The Labute approximate surface area is 218 Å². The summed E-state index contributed by atoms with van der Waals surface area (Å²) in [6.07, 6.45) is 9.96. The van der Waals surface area contributed by atoms with Gasteiger partial charge in [0.25, 0.3) is 5.91 Å². The first kappa shape index (κ1) is 24.9. The smallest absolute Gasteiger partial charge is 0.273 e. The maximum atomic E-state index is 13.7. The van der Waals surface area contributed by atoms with Crippen LogP contribution in [0.5, 0.6) is 0 Å². The van der Waals surface area contributed by atoms with Crippen LogP contribution in [0.15, 0.2) is 42.7 Å². The Kier molecular flexibility index (Phi) is 7.17. The molecule has 1 aromatic carbocycles. The first-order valence-electron chi connectivity index (χ1n) is 13.2. The zero-order chi connectivity index (χ0) is 25.9. The van der Waals surface area contributed by atoms with Crippen molar-refractivity contribution in [2.75, 3.05) is 12.4 Å². The monoisotopic (exact) mass is 497 g/mol. The number of pyridine rings is 1. The van der Waals surface area contributed by atoms with Gasteiger partial charge >= 0.3 is 0 Å². The van der Waals surface area contributed by atoms with Gasteiger partial charge < -0.3 is 10.2 Å². The molecule has 0 atom stereocenters. The summed E-state index contributed by atoms with van der Waals surface area (Å²) in [7, 11) is 1.80. The lowest BCUT2D eigenvalue weighted by Gasteiger charge is -2.23. The zero-order valence-corrected chi connectivity index (χ0v) is 22.2. The molecule has 5 rings (SSSR count). The molecule has 8 heteroatoms. The van der Waals surface area contributed by atoms with E-state index in [4.69, 9.17) is 9.97 Å². The highest BCUT2D eigenvalue weighted by Gasteiger charge is 2.21. The quantitative estimate of drug-likeness (QED) is 0.361. The Balaban J connectivity index is 1.45. The average molecular weight is 498 g/mol. The van der Waals surface area contributed by atoms with E-state index in [1.807, 2.05) is 61.3 Å². The van der Waals surface area contributed by atoms with Crippen molar-refractivity contribution in [2.24, 2.45) is 0 Å². The molecule has 1 N–H and O–H groups in total. The first-order chi connectivity index (χ1) is 17.9. The molecule has 0 radical (unpaired) electrons. The summed E-state index contributed by atoms with van der Waals surface area (Å²) in [5, 5.41) is 8.77.